The van der Waals surface area contributed by atoms with Gasteiger partial charge in [0.2, 0.25) is 5.88 Å². The minimum atomic E-state index is -4.45. The van der Waals surface area contributed by atoms with Crippen LogP contribution >= 0.6 is 0 Å². The Kier molecular flexibility index (Phi) is 4.83. The van der Waals surface area contributed by atoms with Crippen LogP contribution in [-0.2, 0) is 6.18 Å². The molecule has 1 amide bonds. The maximum absolute atomic E-state index is 12.6. The van der Waals surface area contributed by atoms with Crippen LogP contribution in [0.5, 0.6) is 11.6 Å². The molecule has 9 heteroatoms. The van der Waals surface area contributed by atoms with Gasteiger partial charge in [-0.15, -0.1) is 0 Å². The third-order valence-electron chi connectivity index (χ3n) is 4.68. The SMILES string of the molecule is N[C@@H]1CCN(C(=O)c2ccc3cc(Oc4ccc(C(F)(F)F)cn4)ccc3n2)C1. The second-order valence-electron chi connectivity index (χ2n) is 6.84. The lowest BCUT2D eigenvalue weighted by Gasteiger charge is -2.15. The third-order valence-corrected chi connectivity index (χ3v) is 4.68. The minimum Gasteiger partial charge on any atom is -0.439 e. The van der Waals surface area contributed by atoms with Gasteiger partial charge >= 0.3 is 6.18 Å². The number of halogens is 3. The number of alkyl halides is 3. The van der Waals surface area contributed by atoms with Crippen LogP contribution in [0.3, 0.4) is 0 Å². The molecule has 1 aliphatic heterocycles. The number of nitrogens with two attached hydrogens (primary N) is 1. The van der Waals surface area contributed by atoms with Crippen LogP contribution in [0.2, 0.25) is 0 Å². The van der Waals surface area contributed by atoms with Gasteiger partial charge in [0.15, 0.2) is 0 Å². The highest BCUT2D eigenvalue weighted by molar-refractivity contribution is 5.95. The molecule has 29 heavy (non-hydrogen) atoms. The fraction of sp³-hybridized carbons (Fsp3) is 0.250. The molecule has 0 radical (unpaired) electrons. The van der Waals surface area contributed by atoms with E-state index in [1.807, 2.05) is 0 Å². The summed E-state index contributed by atoms with van der Waals surface area (Å²) in [5.41, 5.74) is 5.95. The number of hydrogen-bond acceptors (Lipinski definition) is 5. The molecule has 0 aliphatic carbocycles. The maximum atomic E-state index is 12.6. The molecule has 0 unspecified atom stereocenters. The zero-order valence-electron chi connectivity index (χ0n) is 15.2. The number of aromatic nitrogens is 2. The van der Waals surface area contributed by atoms with Gasteiger partial charge in [0.1, 0.15) is 11.4 Å². The predicted octanol–water partition coefficient (Wildman–Crippen LogP) is 3.61. The fourth-order valence-electron chi connectivity index (χ4n) is 3.15. The highest BCUT2D eigenvalue weighted by atomic mass is 19.4. The minimum absolute atomic E-state index is 0.00193. The van der Waals surface area contributed by atoms with Crippen molar-refractivity contribution in [1.82, 2.24) is 14.9 Å². The fourth-order valence-corrected chi connectivity index (χ4v) is 3.15. The Labute approximate surface area is 164 Å². The van der Waals surface area contributed by atoms with E-state index in [2.05, 4.69) is 9.97 Å². The Bertz CT molecular complexity index is 1050. The van der Waals surface area contributed by atoms with Crippen molar-refractivity contribution >= 4 is 16.8 Å². The third kappa shape index (κ3) is 4.14. The zero-order chi connectivity index (χ0) is 20.6. The molecule has 2 aromatic heterocycles. The normalized spacial score (nSPS) is 17.0. The first kappa shape index (κ1) is 19.1. The molecule has 1 aromatic carbocycles. The van der Waals surface area contributed by atoms with Gasteiger partial charge in [0.25, 0.3) is 5.91 Å². The van der Waals surface area contributed by atoms with Crippen molar-refractivity contribution in [3.63, 3.8) is 0 Å². The molecule has 0 spiro atoms. The summed E-state index contributed by atoms with van der Waals surface area (Å²) in [5, 5.41) is 0.726. The van der Waals surface area contributed by atoms with E-state index in [-0.39, 0.29) is 17.8 Å². The van der Waals surface area contributed by atoms with Gasteiger partial charge in [-0.05, 0) is 36.8 Å². The quantitative estimate of drug-likeness (QED) is 0.724. The van der Waals surface area contributed by atoms with Gasteiger partial charge in [0, 0.05) is 36.8 Å². The molecule has 4 rings (SSSR count). The van der Waals surface area contributed by atoms with Crippen LogP contribution in [0.25, 0.3) is 10.9 Å². The van der Waals surface area contributed by atoms with Crippen molar-refractivity contribution in [2.24, 2.45) is 5.73 Å². The molecule has 1 aliphatic rings. The van der Waals surface area contributed by atoms with Crippen LogP contribution in [0.15, 0.2) is 48.7 Å². The molecule has 0 bridgehead atoms. The number of ether oxygens (including phenoxy) is 1. The number of hydrogen-bond donors (Lipinski definition) is 1. The van der Waals surface area contributed by atoms with Crippen LogP contribution in [0.1, 0.15) is 22.5 Å². The summed E-state index contributed by atoms with van der Waals surface area (Å²) in [6, 6.07) is 10.4. The standard InChI is InChI=1S/C20H17F3N4O2/c21-20(22,23)13-2-6-18(25-10-13)29-15-3-5-16-12(9-15)1-4-17(26-16)19(28)27-8-7-14(24)11-27/h1-6,9-10,14H,7-8,11,24H2/t14-/m1/s1. The van der Waals surface area contributed by atoms with E-state index in [1.165, 1.54) is 0 Å². The Morgan fingerprint density at radius 1 is 1.17 bits per heavy atom. The second-order valence-corrected chi connectivity index (χ2v) is 6.84. The number of fused-ring (bicyclic) bond motifs is 1. The predicted molar refractivity (Wildman–Crippen MR) is 99.6 cm³/mol. The monoisotopic (exact) mass is 402 g/mol. The molecule has 1 saturated heterocycles. The van der Waals surface area contributed by atoms with Crippen LogP contribution in [0, 0.1) is 0 Å². The van der Waals surface area contributed by atoms with E-state index in [0.717, 1.165) is 30.1 Å². The topological polar surface area (TPSA) is 81.3 Å². The molecule has 1 atom stereocenters. The smallest absolute Gasteiger partial charge is 0.417 e. The van der Waals surface area contributed by atoms with E-state index in [0.29, 0.717) is 30.0 Å². The zero-order valence-corrected chi connectivity index (χ0v) is 15.2. The number of carbonyl (C=O) groups excluding carboxylic acids is 1. The number of rotatable bonds is 3. The van der Waals surface area contributed by atoms with Gasteiger partial charge in [-0.3, -0.25) is 4.79 Å². The lowest BCUT2D eigenvalue weighted by atomic mass is 10.2. The van der Waals surface area contributed by atoms with E-state index < -0.39 is 11.7 Å². The van der Waals surface area contributed by atoms with Gasteiger partial charge in [-0.2, -0.15) is 13.2 Å². The molecule has 1 fully saturated rings. The summed E-state index contributed by atoms with van der Waals surface area (Å²) in [7, 11) is 0. The van der Waals surface area contributed by atoms with Crippen molar-refractivity contribution in [3.05, 3.63) is 59.9 Å². The summed E-state index contributed by atoms with van der Waals surface area (Å²) >= 11 is 0. The molecule has 2 N–H and O–H groups in total. The highest BCUT2D eigenvalue weighted by Crippen LogP contribution is 2.30. The lowest BCUT2D eigenvalue weighted by molar-refractivity contribution is -0.137. The number of carbonyl (C=O) groups is 1. The van der Waals surface area contributed by atoms with Gasteiger partial charge < -0.3 is 15.4 Å². The Morgan fingerprint density at radius 2 is 2.00 bits per heavy atom. The molecule has 3 heterocycles. The van der Waals surface area contributed by atoms with Gasteiger partial charge in [0.05, 0.1) is 11.1 Å². The van der Waals surface area contributed by atoms with Crippen LogP contribution in [0.4, 0.5) is 13.2 Å². The van der Waals surface area contributed by atoms with Crippen LogP contribution in [-0.4, -0.2) is 39.9 Å². The van der Waals surface area contributed by atoms with E-state index in [9.17, 15) is 18.0 Å². The van der Waals surface area contributed by atoms with E-state index in [4.69, 9.17) is 10.5 Å². The average Bonchev–Trinajstić information content (AvgIpc) is 3.13. The van der Waals surface area contributed by atoms with Crippen molar-refractivity contribution in [1.29, 1.82) is 0 Å². The second kappa shape index (κ2) is 7.32. The number of pyridine rings is 2. The van der Waals surface area contributed by atoms with Crippen molar-refractivity contribution in [2.45, 2.75) is 18.6 Å². The highest BCUT2D eigenvalue weighted by Gasteiger charge is 2.30. The Hall–Kier alpha value is -3.20. The summed E-state index contributed by atoms with van der Waals surface area (Å²) in [6.45, 7) is 1.14. The van der Waals surface area contributed by atoms with Crippen LogP contribution < -0.4 is 10.5 Å². The Morgan fingerprint density at radius 3 is 2.66 bits per heavy atom. The summed E-state index contributed by atoms with van der Waals surface area (Å²) in [5.74, 6) is 0.285. The average molecular weight is 402 g/mol. The van der Waals surface area contributed by atoms with Crippen molar-refractivity contribution in [3.8, 4) is 11.6 Å². The molecule has 0 saturated carbocycles. The first-order valence-electron chi connectivity index (χ1n) is 8.96. The van der Waals surface area contributed by atoms with Crippen molar-refractivity contribution in [2.75, 3.05) is 13.1 Å². The number of benzene rings is 1. The molecule has 150 valence electrons. The van der Waals surface area contributed by atoms with E-state index in [1.54, 1.807) is 35.2 Å². The largest absolute Gasteiger partial charge is 0.439 e. The first-order chi connectivity index (χ1) is 13.8. The number of nitrogens with zero attached hydrogens (tertiary/aromatic N) is 3. The maximum Gasteiger partial charge on any atom is 0.417 e. The van der Waals surface area contributed by atoms with Gasteiger partial charge in [-0.25, -0.2) is 9.97 Å². The molecule has 3 aromatic rings. The molecular weight excluding hydrogens is 385 g/mol. The molecule has 6 nitrogen and oxygen atoms in total. The summed E-state index contributed by atoms with van der Waals surface area (Å²) in [6.07, 6.45) is -2.95. The lowest BCUT2D eigenvalue weighted by Crippen LogP contribution is -2.32. The summed E-state index contributed by atoms with van der Waals surface area (Å²) in [4.78, 5) is 22.3. The van der Waals surface area contributed by atoms with E-state index >= 15 is 0 Å². The Balaban J connectivity index is 1.52. The summed E-state index contributed by atoms with van der Waals surface area (Å²) < 4.78 is 43.4. The van der Waals surface area contributed by atoms with Gasteiger partial charge in [-0.1, -0.05) is 6.07 Å². The number of amides is 1. The number of likely N-dealkylation sites (tertiary alicyclic amines) is 1. The molecular formula is C20H17F3N4O2. The van der Waals surface area contributed by atoms with Crippen molar-refractivity contribution < 1.29 is 22.7 Å². The first-order valence-corrected chi connectivity index (χ1v) is 8.96.